The van der Waals surface area contributed by atoms with Gasteiger partial charge in [-0.15, -0.1) is 55.4 Å². The van der Waals surface area contributed by atoms with Crippen LogP contribution in [-0.4, -0.2) is 99.6 Å². The van der Waals surface area contributed by atoms with Gasteiger partial charge in [0.15, 0.2) is 0 Å². The predicted octanol–water partition coefficient (Wildman–Crippen LogP) is -7.69. The zero-order chi connectivity index (χ0) is 33.7. The number of rotatable bonds is 1. The van der Waals surface area contributed by atoms with Crippen molar-refractivity contribution < 1.29 is 11.0 Å². The summed E-state index contributed by atoms with van der Waals surface area (Å²) in [5, 5.41) is 21.5. The van der Waals surface area contributed by atoms with Crippen LogP contribution in [-0.2, 0) is 0 Å². The Morgan fingerprint density at radius 1 is 0.340 bits per heavy atom. The molecule has 0 amide bonds. The van der Waals surface area contributed by atoms with Gasteiger partial charge in [0.2, 0.25) is 71.4 Å². The molecule has 0 bridgehead atoms. The molecule has 29 N–H and O–H groups in total. The molecule has 0 aliphatic heterocycles. The van der Waals surface area contributed by atoms with Crippen molar-refractivity contribution >= 4 is 114 Å². The Kier molecular flexibility index (Phi) is 14.8. The van der Waals surface area contributed by atoms with Crippen LogP contribution in [0.25, 0.3) is 17.3 Å². The van der Waals surface area contributed by atoms with Gasteiger partial charge < -0.3 is 74.0 Å². The first kappa shape index (κ1) is 42.5. The number of halogens is 2. The van der Waals surface area contributed by atoms with E-state index in [1.807, 2.05) is 0 Å². The van der Waals surface area contributed by atoms with Crippen molar-refractivity contribution in [2.45, 2.75) is 0 Å². The van der Waals surface area contributed by atoms with Crippen LogP contribution in [0, 0.1) is 0 Å². The zero-order valence-electron chi connectivity index (χ0n) is 24.8. The predicted molar refractivity (Wildman–Crippen MR) is 184 cm³/mol. The molecule has 0 radical (unpaired) electrons. The summed E-state index contributed by atoms with van der Waals surface area (Å²) in [5.41, 5.74) is 61.2. The highest BCUT2D eigenvalue weighted by molar-refractivity contribution is 5.85. The first-order valence-electron chi connectivity index (χ1n) is 11.7. The van der Waals surface area contributed by atoms with Gasteiger partial charge in [0.1, 0.15) is 0 Å². The maximum atomic E-state index is 5.47. The quantitative estimate of drug-likeness (QED) is 0.0547. The molecule has 272 valence electrons. The van der Waals surface area contributed by atoms with Crippen molar-refractivity contribution in [2.24, 2.45) is 5.84 Å². The van der Waals surface area contributed by atoms with Gasteiger partial charge in [-0.25, -0.2) is 19.0 Å². The summed E-state index contributed by atoms with van der Waals surface area (Å²) in [4.78, 5) is 33.0. The topological polar surface area (TPSA) is 594 Å². The molecule has 7 aromatic heterocycles. The van der Waals surface area contributed by atoms with E-state index in [1.165, 1.54) is 13.2 Å². The standard InChI is InChI=1S/3C4H6N8.C3H7N7.2ClH.2H2O/c3*5-1-8-2(6)12-3(7)10-11-4(12)9-1;4-1-7-2(5)9-3(8-1)10-6;;;;/h3*(H2,7,10)(H4,5,6,8,9,11);6H2,(H5,4,5,7,8,9,10);2*1H;2*1H2. The third-order valence-corrected chi connectivity index (χ3v) is 4.83. The van der Waals surface area contributed by atoms with Crippen LogP contribution in [0.3, 0.4) is 0 Å². The van der Waals surface area contributed by atoms with Crippen LogP contribution < -0.4 is 74.3 Å². The monoisotopic (exact) mass is 747 g/mol. The average Bonchev–Trinajstić information content (AvgIpc) is 3.65. The SMILES string of the molecule is Cl.Cl.NNc1nc(N)nc(N)n1.Nc1nc(N)n2c(N)nnc2n1.Nc1nc(N)n2c(N)nnc2n1.Nc1nc(N)n2c(N)nnc2n1.O.O. The molecule has 7 rings (SSSR count). The molecule has 7 heterocycles. The van der Waals surface area contributed by atoms with Gasteiger partial charge in [0, 0.05) is 0 Å². The summed E-state index contributed by atoms with van der Waals surface area (Å²) in [5.74, 6) is 6.90. The Hall–Kier alpha value is -7.49. The van der Waals surface area contributed by atoms with Crippen molar-refractivity contribution in [3.05, 3.63) is 0 Å². The molecule has 0 aliphatic rings. The van der Waals surface area contributed by atoms with Gasteiger partial charge in [-0.2, -0.15) is 44.9 Å². The lowest BCUT2D eigenvalue weighted by Crippen LogP contribution is -2.13. The summed E-state index contributed by atoms with van der Waals surface area (Å²) in [6.45, 7) is 0. The average molecular weight is 749 g/mol. The van der Waals surface area contributed by atoms with E-state index in [0.29, 0.717) is 0 Å². The highest BCUT2D eigenvalue weighted by atomic mass is 35.5. The fourth-order valence-electron chi connectivity index (χ4n) is 3.10. The number of hydrogen-bond donors (Lipinski definition) is 13. The fraction of sp³-hybridized carbons (Fsp3) is 0. The lowest BCUT2D eigenvalue weighted by Gasteiger charge is -1.98. The number of nitrogens with two attached hydrogens (primary N) is 12. The number of fused-ring (bicyclic) bond motifs is 3. The second-order valence-electron chi connectivity index (χ2n) is 7.92. The lowest BCUT2D eigenvalue weighted by atomic mass is 10.8. The summed E-state index contributed by atoms with van der Waals surface area (Å²) >= 11 is 0. The van der Waals surface area contributed by atoms with E-state index >= 15 is 0 Å². The summed E-state index contributed by atoms with van der Waals surface area (Å²) in [7, 11) is 0. The highest BCUT2D eigenvalue weighted by Crippen LogP contribution is 2.10. The Morgan fingerprint density at radius 2 is 0.600 bits per heavy atom. The van der Waals surface area contributed by atoms with E-state index in [4.69, 9.17) is 68.9 Å². The molecule has 33 nitrogen and oxygen atoms in total. The third kappa shape index (κ3) is 9.52. The normalized spacial score (nSPS) is 9.54. The molecule has 35 heteroatoms. The van der Waals surface area contributed by atoms with Crippen molar-refractivity contribution in [1.29, 1.82) is 0 Å². The van der Waals surface area contributed by atoms with Gasteiger partial charge in [0.25, 0.3) is 17.3 Å². The lowest BCUT2D eigenvalue weighted by molar-refractivity contribution is 0.823. The van der Waals surface area contributed by atoms with Gasteiger partial charge in [0.05, 0.1) is 0 Å². The van der Waals surface area contributed by atoms with Gasteiger partial charge in [-0.05, 0) is 0 Å². The van der Waals surface area contributed by atoms with Gasteiger partial charge in [-0.1, -0.05) is 0 Å². The van der Waals surface area contributed by atoms with E-state index in [2.05, 4.69) is 80.9 Å². The second kappa shape index (κ2) is 17.4. The number of nitrogen functional groups attached to an aromatic ring is 12. The minimum Gasteiger partial charge on any atom is -0.412 e. The summed E-state index contributed by atoms with van der Waals surface area (Å²) in [6, 6.07) is 0. The number of hydrazine groups is 1. The van der Waals surface area contributed by atoms with Crippen LogP contribution in [0.15, 0.2) is 0 Å². The van der Waals surface area contributed by atoms with Crippen molar-refractivity contribution in [1.82, 2.24) is 88.6 Å². The van der Waals surface area contributed by atoms with Crippen LogP contribution in [0.5, 0.6) is 0 Å². The summed E-state index contributed by atoms with van der Waals surface area (Å²) in [6.07, 6.45) is 0. The molecule has 0 aromatic carbocycles. The molecule has 0 saturated carbocycles. The minimum atomic E-state index is 0. The van der Waals surface area contributed by atoms with Gasteiger partial charge in [-0.3, -0.25) is 5.43 Å². The number of anilines is 12. The van der Waals surface area contributed by atoms with Crippen LogP contribution in [0.2, 0.25) is 0 Å². The Bertz CT molecular complexity index is 1920. The van der Waals surface area contributed by atoms with Crippen LogP contribution in [0.4, 0.5) is 71.4 Å². The van der Waals surface area contributed by atoms with E-state index in [9.17, 15) is 0 Å². The number of hydrogen-bond acceptors (Lipinski definition) is 28. The molecular weight excluding hydrogens is 717 g/mol. The van der Waals surface area contributed by atoms with Crippen molar-refractivity contribution in [3.63, 3.8) is 0 Å². The fourth-order valence-corrected chi connectivity index (χ4v) is 3.10. The molecule has 7 aromatic rings. The van der Waals surface area contributed by atoms with Crippen molar-refractivity contribution in [3.8, 4) is 0 Å². The highest BCUT2D eigenvalue weighted by Gasteiger charge is 2.09. The van der Waals surface area contributed by atoms with Crippen LogP contribution in [0.1, 0.15) is 0 Å². The molecule has 0 fully saturated rings. The van der Waals surface area contributed by atoms with E-state index in [-0.39, 0.29) is 124 Å². The zero-order valence-corrected chi connectivity index (χ0v) is 26.4. The van der Waals surface area contributed by atoms with Gasteiger partial charge >= 0.3 is 0 Å². The largest absolute Gasteiger partial charge is 0.412 e. The van der Waals surface area contributed by atoms with E-state index < -0.39 is 0 Å². The summed E-state index contributed by atoms with van der Waals surface area (Å²) < 4.78 is 3.91. The van der Waals surface area contributed by atoms with E-state index in [0.717, 1.165) is 0 Å². The maximum Gasteiger partial charge on any atom is 0.262 e. The minimum absolute atomic E-state index is 0. The molecule has 0 unspecified atom stereocenters. The first-order chi connectivity index (χ1) is 21.8. The Labute approximate surface area is 287 Å². The number of nitrogens with one attached hydrogen (secondary N) is 1. The molecule has 0 spiro atoms. The Morgan fingerprint density at radius 3 is 0.860 bits per heavy atom. The first-order valence-corrected chi connectivity index (χ1v) is 11.7. The molecule has 0 saturated heterocycles. The maximum absolute atomic E-state index is 5.47. The third-order valence-electron chi connectivity index (χ3n) is 4.83. The molecular formula is C15H31Cl2N31O2. The molecule has 0 atom stereocenters. The second-order valence-corrected chi connectivity index (χ2v) is 7.92. The number of aromatic nitrogens is 18. The smallest absolute Gasteiger partial charge is 0.262 e. The molecule has 50 heavy (non-hydrogen) atoms. The molecule has 0 aliphatic carbocycles. The number of nitrogens with zero attached hydrogens (tertiary/aromatic N) is 18. The van der Waals surface area contributed by atoms with E-state index in [1.54, 1.807) is 0 Å². The Balaban J connectivity index is 0.000000625. The van der Waals surface area contributed by atoms with Crippen molar-refractivity contribution in [2.75, 3.05) is 68.5 Å². The van der Waals surface area contributed by atoms with Crippen LogP contribution >= 0.6 is 24.8 Å².